The molecule has 0 saturated carbocycles. The second kappa shape index (κ2) is 6.87. The predicted molar refractivity (Wildman–Crippen MR) is 79.9 cm³/mol. The fourth-order valence-electron chi connectivity index (χ4n) is 2.02. The number of nitro groups is 1. The molecular formula is C16H14FNO5. The van der Waals surface area contributed by atoms with E-state index in [9.17, 15) is 19.3 Å². The summed E-state index contributed by atoms with van der Waals surface area (Å²) in [6, 6.07) is 7.91. The fraction of sp³-hybridized carbons (Fsp3) is 0.188. The van der Waals surface area contributed by atoms with E-state index in [4.69, 9.17) is 9.47 Å². The molecule has 0 amide bonds. The second-order valence-electron chi connectivity index (χ2n) is 4.79. The van der Waals surface area contributed by atoms with E-state index in [1.807, 2.05) is 0 Å². The van der Waals surface area contributed by atoms with Crippen LogP contribution in [0.5, 0.6) is 5.75 Å². The Bertz CT molecular complexity index is 760. The number of hydrogen-bond acceptors (Lipinski definition) is 5. The summed E-state index contributed by atoms with van der Waals surface area (Å²) in [4.78, 5) is 22.3. The lowest BCUT2D eigenvalue weighted by molar-refractivity contribution is -0.385. The zero-order chi connectivity index (χ0) is 17.0. The van der Waals surface area contributed by atoms with Crippen LogP contribution in [-0.4, -0.2) is 18.0 Å². The Labute approximate surface area is 131 Å². The normalized spacial score (nSPS) is 10.2. The monoisotopic (exact) mass is 319 g/mol. The Balaban J connectivity index is 2.16. The molecule has 2 aromatic rings. The zero-order valence-corrected chi connectivity index (χ0v) is 12.5. The SMILES string of the molecule is COc1ccc(F)cc1COC(=O)c1ccc(C)c([N+](=O)[O-])c1. The maximum absolute atomic E-state index is 13.2. The Morgan fingerprint density at radius 1 is 1.26 bits per heavy atom. The first-order chi connectivity index (χ1) is 10.9. The summed E-state index contributed by atoms with van der Waals surface area (Å²) in [5.74, 6) is -0.837. The molecule has 0 saturated heterocycles. The number of nitrogens with zero attached hydrogens (tertiary/aromatic N) is 1. The summed E-state index contributed by atoms with van der Waals surface area (Å²) in [7, 11) is 1.42. The van der Waals surface area contributed by atoms with Crippen LogP contribution in [0.3, 0.4) is 0 Å². The van der Waals surface area contributed by atoms with Gasteiger partial charge in [-0.1, -0.05) is 6.07 Å². The first kappa shape index (κ1) is 16.4. The van der Waals surface area contributed by atoms with Crippen LogP contribution in [0.1, 0.15) is 21.5 Å². The minimum atomic E-state index is -0.737. The number of methoxy groups -OCH3 is 1. The van der Waals surface area contributed by atoms with Gasteiger partial charge in [0, 0.05) is 17.2 Å². The van der Waals surface area contributed by atoms with E-state index < -0.39 is 16.7 Å². The smallest absolute Gasteiger partial charge is 0.338 e. The van der Waals surface area contributed by atoms with Crippen molar-refractivity contribution >= 4 is 11.7 Å². The molecule has 0 aliphatic rings. The molecule has 0 fully saturated rings. The van der Waals surface area contributed by atoms with Crippen LogP contribution in [-0.2, 0) is 11.3 Å². The van der Waals surface area contributed by atoms with Gasteiger partial charge >= 0.3 is 5.97 Å². The van der Waals surface area contributed by atoms with Gasteiger partial charge in [-0.2, -0.15) is 0 Å². The number of aryl methyl sites for hydroxylation is 1. The molecule has 0 aliphatic heterocycles. The maximum Gasteiger partial charge on any atom is 0.338 e. The molecule has 0 spiro atoms. The molecule has 23 heavy (non-hydrogen) atoms. The summed E-state index contributed by atoms with van der Waals surface area (Å²) in [6.45, 7) is 1.37. The predicted octanol–water partition coefficient (Wildman–Crippen LogP) is 3.41. The standard InChI is InChI=1S/C16H14FNO5/c1-10-3-4-11(8-14(10)18(20)21)16(19)23-9-12-7-13(17)5-6-15(12)22-2/h3-8H,9H2,1-2H3. The third kappa shape index (κ3) is 3.82. The third-order valence-corrected chi connectivity index (χ3v) is 3.24. The van der Waals surface area contributed by atoms with Crippen LogP contribution in [0.2, 0.25) is 0 Å². The Hall–Kier alpha value is -2.96. The van der Waals surface area contributed by atoms with Gasteiger partial charge < -0.3 is 9.47 Å². The lowest BCUT2D eigenvalue weighted by Crippen LogP contribution is -2.07. The molecule has 6 nitrogen and oxygen atoms in total. The number of carbonyl (C=O) groups excluding carboxylic acids is 1. The number of nitro benzene ring substituents is 1. The maximum atomic E-state index is 13.2. The minimum absolute atomic E-state index is 0.0534. The van der Waals surface area contributed by atoms with Crippen molar-refractivity contribution in [1.82, 2.24) is 0 Å². The summed E-state index contributed by atoms with van der Waals surface area (Å²) >= 11 is 0. The van der Waals surface area contributed by atoms with E-state index in [2.05, 4.69) is 0 Å². The van der Waals surface area contributed by atoms with Crippen molar-refractivity contribution in [3.8, 4) is 5.75 Å². The molecule has 2 rings (SSSR count). The van der Waals surface area contributed by atoms with Crippen molar-refractivity contribution < 1.29 is 23.6 Å². The van der Waals surface area contributed by atoms with Crippen molar-refractivity contribution in [3.05, 3.63) is 69.0 Å². The highest BCUT2D eigenvalue weighted by Gasteiger charge is 2.16. The van der Waals surface area contributed by atoms with E-state index >= 15 is 0 Å². The number of benzene rings is 2. The molecule has 0 aromatic heterocycles. The molecule has 120 valence electrons. The summed E-state index contributed by atoms with van der Waals surface area (Å²) in [5, 5.41) is 10.9. The van der Waals surface area contributed by atoms with Gasteiger partial charge in [0.25, 0.3) is 5.69 Å². The number of hydrogen-bond donors (Lipinski definition) is 0. The lowest BCUT2D eigenvalue weighted by atomic mass is 10.1. The first-order valence-electron chi connectivity index (χ1n) is 6.67. The quantitative estimate of drug-likeness (QED) is 0.479. The number of halogens is 1. The molecule has 0 unspecified atom stereocenters. The highest BCUT2D eigenvalue weighted by Crippen LogP contribution is 2.22. The van der Waals surface area contributed by atoms with Crippen molar-refractivity contribution in [1.29, 1.82) is 0 Å². The third-order valence-electron chi connectivity index (χ3n) is 3.24. The molecule has 0 aliphatic carbocycles. The first-order valence-corrected chi connectivity index (χ1v) is 6.67. The van der Waals surface area contributed by atoms with E-state index in [1.165, 1.54) is 37.4 Å². The van der Waals surface area contributed by atoms with E-state index in [-0.39, 0.29) is 17.9 Å². The van der Waals surface area contributed by atoms with Gasteiger partial charge in [-0.25, -0.2) is 9.18 Å². The molecular weight excluding hydrogens is 305 g/mol. The number of carbonyl (C=O) groups is 1. The molecule has 0 N–H and O–H groups in total. The van der Waals surface area contributed by atoms with Crippen molar-refractivity contribution in [2.24, 2.45) is 0 Å². The molecule has 0 bridgehead atoms. The Morgan fingerprint density at radius 2 is 2.00 bits per heavy atom. The van der Waals surface area contributed by atoms with Gasteiger partial charge in [0.05, 0.1) is 17.6 Å². The number of rotatable bonds is 5. The lowest BCUT2D eigenvalue weighted by Gasteiger charge is -2.09. The van der Waals surface area contributed by atoms with E-state index in [0.717, 1.165) is 6.07 Å². The minimum Gasteiger partial charge on any atom is -0.496 e. The molecule has 0 heterocycles. The molecule has 2 aromatic carbocycles. The molecule has 7 heteroatoms. The van der Waals surface area contributed by atoms with Crippen LogP contribution in [0.15, 0.2) is 36.4 Å². The van der Waals surface area contributed by atoms with Gasteiger partial charge in [-0.15, -0.1) is 0 Å². The van der Waals surface area contributed by atoms with Crippen LogP contribution in [0.25, 0.3) is 0 Å². The molecule has 0 atom stereocenters. The van der Waals surface area contributed by atoms with E-state index in [0.29, 0.717) is 16.9 Å². The highest BCUT2D eigenvalue weighted by atomic mass is 19.1. The highest BCUT2D eigenvalue weighted by molar-refractivity contribution is 5.90. The van der Waals surface area contributed by atoms with Crippen molar-refractivity contribution in [2.75, 3.05) is 7.11 Å². The average molecular weight is 319 g/mol. The topological polar surface area (TPSA) is 78.7 Å². The average Bonchev–Trinajstić information content (AvgIpc) is 2.52. The van der Waals surface area contributed by atoms with Crippen LogP contribution in [0.4, 0.5) is 10.1 Å². The summed E-state index contributed by atoms with van der Waals surface area (Å²) < 4.78 is 23.4. The summed E-state index contributed by atoms with van der Waals surface area (Å²) in [5.41, 5.74) is 0.696. The second-order valence-corrected chi connectivity index (χ2v) is 4.79. The van der Waals surface area contributed by atoms with E-state index in [1.54, 1.807) is 6.92 Å². The Morgan fingerprint density at radius 3 is 2.65 bits per heavy atom. The summed E-state index contributed by atoms with van der Waals surface area (Å²) in [6.07, 6.45) is 0. The van der Waals surface area contributed by atoms with Gasteiger partial charge in [0.2, 0.25) is 0 Å². The largest absolute Gasteiger partial charge is 0.496 e. The van der Waals surface area contributed by atoms with Gasteiger partial charge in [0.15, 0.2) is 0 Å². The molecule has 0 radical (unpaired) electrons. The number of ether oxygens (including phenoxy) is 2. The van der Waals surface area contributed by atoms with Crippen LogP contribution < -0.4 is 4.74 Å². The van der Waals surface area contributed by atoms with Crippen molar-refractivity contribution in [3.63, 3.8) is 0 Å². The fourth-order valence-corrected chi connectivity index (χ4v) is 2.02. The van der Waals surface area contributed by atoms with Crippen molar-refractivity contribution in [2.45, 2.75) is 13.5 Å². The van der Waals surface area contributed by atoms with Crippen LogP contribution in [0, 0.1) is 22.9 Å². The van der Waals surface area contributed by atoms with Gasteiger partial charge in [-0.05, 0) is 31.2 Å². The van der Waals surface area contributed by atoms with Crippen LogP contribution >= 0.6 is 0 Å². The Kier molecular flexibility index (Phi) is 4.90. The van der Waals surface area contributed by atoms with Gasteiger partial charge in [0.1, 0.15) is 18.2 Å². The number of esters is 1. The van der Waals surface area contributed by atoms with Gasteiger partial charge in [-0.3, -0.25) is 10.1 Å². The zero-order valence-electron chi connectivity index (χ0n) is 12.5.